The van der Waals surface area contributed by atoms with E-state index >= 15 is 0 Å². The molecule has 0 aliphatic carbocycles. The van der Waals surface area contributed by atoms with E-state index in [4.69, 9.17) is 4.74 Å². The van der Waals surface area contributed by atoms with Gasteiger partial charge in [0.1, 0.15) is 11.3 Å². The van der Waals surface area contributed by atoms with Crippen molar-refractivity contribution >= 4 is 35.1 Å². The summed E-state index contributed by atoms with van der Waals surface area (Å²) < 4.78 is 5.31. The molecule has 0 bridgehead atoms. The molecule has 10 nitrogen and oxygen atoms in total. The Hall–Kier alpha value is -4.86. The lowest BCUT2D eigenvalue weighted by Gasteiger charge is -2.13. The molecule has 0 spiro atoms. The van der Waals surface area contributed by atoms with Gasteiger partial charge in [0.2, 0.25) is 0 Å². The van der Waals surface area contributed by atoms with Crippen molar-refractivity contribution in [3.8, 4) is 5.75 Å². The fraction of sp³-hybridized carbons (Fsp3) is 0.185. The summed E-state index contributed by atoms with van der Waals surface area (Å²) in [6.07, 6.45) is 1.59. The standard InChI is InChI=1S/C27H23N3O7/c31-23(37-20-15-13-18(14-16-20)25(32)28-19-8-3-1-4-9-19)12-5-2-6-17-29-26(33)21-10-7-11-22(30(35)36)24(21)27(29)34/h1,3-4,7-11,13-16H,2,5-6,12,17H2,(H,28,32). The molecule has 3 aromatic carbocycles. The first-order chi connectivity index (χ1) is 17.8. The van der Waals surface area contributed by atoms with Crippen molar-refractivity contribution in [2.75, 3.05) is 11.9 Å². The number of benzene rings is 3. The van der Waals surface area contributed by atoms with Crippen LogP contribution >= 0.6 is 0 Å². The van der Waals surface area contributed by atoms with Gasteiger partial charge >= 0.3 is 5.97 Å². The highest BCUT2D eigenvalue weighted by atomic mass is 16.6. The van der Waals surface area contributed by atoms with Crippen molar-refractivity contribution < 1.29 is 28.8 Å². The number of rotatable bonds is 10. The largest absolute Gasteiger partial charge is 0.427 e. The fourth-order valence-electron chi connectivity index (χ4n) is 3.97. The summed E-state index contributed by atoms with van der Waals surface area (Å²) in [6.45, 7) is 0.102. The van der Waals surface area contributed by atoms with Crippen molar-refractivity contribution in [2.24, 2.45) is 0 Å². The maximum atomic E-state index is 12.6. The lowest BCUT2D eigenvalue weighted by atomic mass is 10.1. The molecule has 1 aliphatic rings. The van der Waals surface area contributed by atoms with E-state index in [0.717, 1.165) is 4.90 Å². The van der Waals surface area contributed by atoms with Gasteiger partial charge in [-0.25, -0.2) is 0 Å². The molecule has 3 amide bonds. The summed E-state index contributed by atoms with van der Waals surface area (Å²) in [5.41, 5.74) is 0.566. The molecule has 4 rings (SSSR count). The molecule has 0 saturated carbocycles. The minimum absolute atomic E-state index is 0.0337. The molecule has 1 aliphatic heterocycles. The van der Waals surface area contributed by atoms with Crippen LogP contribution < -0.4 is 10.1 Å². The maximum Gasteiger partial charge on any atom is 0.311 e. The van der Waals surface area contributed by atoms with Crippen LogP contribution in [0.15, 0.2) is 72.8 Å². The average molecular weight is 501 g/mol. The van der Waals surface area contributed by atoms with Crippen LogP contribution in [-0.4, -0.2) is 40.1 Å². The number of carbonyl (C=O) groups is 4. The first-order valence-corrected chi connectivity index (χ1v) is 11.7. The third kappa shape index (κ3) is 5.87. The quantitative estimate of drug-likeness (QED) is 0.107. The van der Waals surface area contributed by atoms with Crippen molar-refractivity contribution in [3.63, 3.8) is 0 Å². The second kappa shape index (κ2) is 11.3. The zero-order chi connectivity index (χ0) is 26.4. The SMILES string of the molecule is O=C(CCCCCN1C(=O)c2cccc([N+](=O)[O-])c2C1=O)Oc1ccc(C(=O)Nc2ccccc2)cc1. The second-order valence-corrected chi connectivity index (χ2v) is 8.35. The number of amides is 3. The van der Waals surface area contributed by atoms with E-state index < -0.39 is 22.7 Å². The number of para-hydroxylation sites is 1. The third-order valence-electron chi connectivity index (χ3n) is 5.82. The highest BCUT2D eigenvalue weighted by molar-refractivity contribution is 6.23. The molecular weight excluding hydrogens is 478 g/mol. The maximum absolute atomic E-state index is 12.6. The van der Waals surface area contributed by atoms with Gasteiger partial charge in [0.15, 0.2) is 0 Å². The monoisotopic (exact) mass is 501 g/mol. The Bertz CT molecular complexity index is 1350. The highest BCUT2D eigenvalue weighted by Crippen LogP contribution is 2.30. The van der Waals surface area contributed by atoms with Gasteiger partial charge in [-0.1, -0.05) is 30.7 Å². The smallest absolute Gasteiger partial charge is 0.311 e. The minimum Gasteiger partial charge on any atom is -0.427 e. The van der Waals surface area contributed by atoms with E-state index in [1.54, 1.807) is 36.4 Å². The number of nitro benzene ring substituents is 1. The molecule has 0 fully saturated rings. The Morgan fingerprint density at radius 3 is 2.30 bits per heavy atom. The Balaban J connectivity index is 1.19. The van der Waals surface area contributed by atoms with Gasteiger partial charge in [-0.3, -0.25) is 34.2 Å². The summed E-state index contributed by atoms with van der Waals surface area (Å²) >= 11 is 0. The Labute approximate surface area is 212 Å². The van der Waals surface area contributed by atoms with Gasteiger partial charge in [0.05, 0.1) is 10.5 Å². The van der Waals surface area contributed by atoms with Gasteiger partial charge in [-0.05, 0) is 55.3 Å². The first kappa shape index (κ1) is 25.2. The van der Waals surface area contributed by atoms with Crippen LogP contribution in [0.4, 0.5) is 11.4 Å². The molecule has 37 heavy (non-hydrogen) atoms. The van der Waals surface area contributed by atoms with Gasteiger partial charge in [-0.15, -0.1) is 0 Å². The normalized spacial score (nSPS) is 12.3. The molecular formula is C27H23N3O7. The second-order valence-electron chi connectivity index (χ2n) is 8.35. The highest BCUT2D eigenvalue weighted by Gasteiger charge is 2.40. The zero-order valence-electron chi connectivity index (χ0n) is 19.7. The molecule has 0 unspecified atom stereocenters. The van der Waals surface area contributed by atoms with Gasteiger partial charge in [0.25, 0.3) is 23.4 Å². The molecule has 10 heteroatoms. The van der Waals surface area contributed by atoms with Crippen LogP contribution in [0.2, 0.25) is 0 Å². The number of nitro groups is 1. The number of anilines is 1. The summed E-state index contributed by atoms with van der Waals surface area (Å²) in [5, 5.41) is 14.0. The van der Waals surface area contributed by atoms with Crippen molar-refractivity contribution in [3.05, 3.63) is 99.6 Å². The predicted molar refractivity (Wildman–Crippen MR) is 133 cm³/mol. The number of nitrogens with one attached hydrogen (secondary N) is 1. The molecule has 1 N–H and O–H groups in total. The molecule has 0 atom stereocenters. The van der Waals surface area contributed by atoms with E-state index in [1.807, 2.05) is 18.2 Å². The van der Waals surface area contributed by atoms with E-state index in [0.29, 0.717) is 36.3 Å². The zero-order valence-corrected chi connectivity index (χ0v) is 19.7. The number of carbonyl (C=O) groups excluding carboxylic acids is 4. The Morgan fingerprint density at radius 1 is 0.865 bits per heavy atom. The summed E-state index contributed by atoms with van der Waals surface area (Å²) in [7, 11) is 0. The third-order valence-corrected chi connectivity index (χ3v) is 5.82. The number of esters is 1. The topological polar surface area (TPSA) is 136 Å². The number of hydrogen-bond donors (Lipinski definition) is 1. The lowest BCUT2D eigenvalue weighted by molar-refractivity contribution is -0.385. The van der Waals surface area contributed by atoms with Gasteiger partial charge in [0, 0.05) is 30.3 Å². The lowest BCUT2D eigenvalue weighted by Crippen LogP contribution is -2.30. The summed E-state index contributed by atoms with van der Waals surface area (Å²) in [5.74, 6) is -1.64. The number of nitrogens with zero attached hydrogens (tertiary/aromatic N) is 2. The van der Waals surface area contributed by atoms with Crippen LogP contribution in [0.3, 0.4) is 0 Å². The fourth-order valence-corrected chi connectivity index (χ4v) is 3.97. The van der Waals surface area contributed by atoms with Crippen LogP contribution in [-0.2, 0) is 4.79 Å². The number of ether oxygens (including phenoxy) is 1. The predicted octanol–water partition coefficient (Wildman–Crippen LogP) is 4.61. The number of imide groups is 1. The Morgan fingerprint density at radius 2 is 1.59 bits per heavy atom. The van der Waals surface area contributed by atoms with Gasteiger partial charge < -0.3 is 10.1 Å². The molecule has 0 radical (unpaired) electrons. The van der Waals surface area contributed by atoms with Crippen LogP contribution in [0.1, 0.15) is 56.8 Å². The van der Waals surface area contributed by atoms with Crippen LogP contribution in [0.25, 0.3) is 0 Å². The molecule has 0 aromatic heterocycles. The van der Waals surface area contributed by atoms with Crippen LogP contribution in [0, 0.1) is 10.1 Å². The molecule has 3 aromatic rings. The van der Waals surface area contributed by atoms with Gasteiger partial charge in [-0.2, -0.15) is 0 Å². The molecule has 188 valence electrons. The van der Waals surface area contributed by atoms with Crippen molar-refractivity contribution in [2.45, 2.75) is 25.7 Å². The number of hydrogen-bond acceptors (Lipinski definition) is 7. The van der Waals surface area contributed by atoms with Crippen molar-refractivity contribution in [1.29, 1.82) is 0 Å². The van der Waals surface area contributed by atoms with Crippen LogP contribution in [0.5, 0.6) is 5.75 Å². The average Bonchev–Trinajstić information content (AvgIpc) is 3.14. The van der Waals surface area contributed by atoms with Crippen molar-refractivity contribution in [1.82, 2.24) is 4.90 Å². The van der Waals surface area contributed by atoms with E-state index in [-0.39, 0.29) is 35.7 Å². The number of fused-ring (bicyclic) bond motifs is 1. The Kier molecular flexibility index (Phi) is 7.68. The molecule has 1 heterocycles. The minimum atomic E-state index is -0.674. The summed E-state index contributed by atoms with van der Waals surface area (Å²) in [6, 6.07) is 19.2. The number of unbranched alkanes of at least 4 members (excludes halogenated alkanes) is 2. The van der Waals surface area contributed by atoms with E-state index in [1.165, 1.54) is 18.2 Å². The molecule has 0 saturated heterocycles. The first-order valence-electron chi connectivity index (χ1n) is 11.7. The van der Waals surface area contributed by atoms with E-state index in [2.05, 4.69) is 5.32 Å². The summed E-state index contributed by atoms with van der Waals surface area (Å²) in [4.78, 5) is 61.0. The van der Waals surface area contributed by atoms with E-state index in [9.17, 15) is 29.3 Å².